The Morgan fingerprint density at radius 1 is 1.16 bits per heavy atom. The second-order valence-corrected chi connectivity index (χ2v) is 10.4. The number of nitrogens with one attached hydrogen (secondary N) is 1. The first-order chi connectivity index (χ1) is 14.9. The molecule has 5 rings (SSSR count). The van der Waals surface area contributed by atoms with Crippen molar-refractivity contribution in [2.45, 2.75) is 64.6 Å². The van der Waals surface area contributed by atoms with E-state index in [0.717, 1.165) is 53.1 Å². The summed E-state index contributed by atoms with van der Waals surface area (Å²) < 4.78 is 3.12. The average Bonchev–Trinajstić information content (AvgIpc) is 3.33. The van der Waals surface area contributed by atoms with Crippen LogP contribution in [0.1, 0.15) is 55.6 Å². The summed E-state index contributed by atoms with van der Waals surface area (Å²) in [5.41, 5.74) is 2.47. The summed E-state index contributed by atoms with van der Waals surface area (Å²) in [6, 6.07) is 12.0. The van der Waals surface area contributed by atoms with Crippen molar-refractivity contribution in [2.24, 2.45) is 5.92 Å². The maximum Gasteiger partial charge on any atom is 0.275 e. The summed E-state index contributed by atoms with van der Waals surface area (Å²) in [4.78, 5) is 29.4. The lowest BCUT2D eigenvalue weighted by molar-refractivity contribution is -0.127. The topological polar surface area (TPSA) is 54.3 Å². The van der Waals surface area contributed by atoms with Crippen molar-refractivity contribution in [3.63, 3.8) is 0 Å². The van der Waals surface area contributed by atoms with E-state index in [4.69, 9.17) is 0 Å². The van der Waals surface area contributed by atoms with E-state index in [1.807, 2.05) is 60.2 Å². The van der Waals surface area contributed by atoms with Crippen molar-refractivity contribution in [1.29, 1.82) is 0 Å². The third-order valence-corrected chi connectivity index (χ3v) is 7.95. The zero-order valence-electron chi connectivity index (χ0n) is 18.4. The van der Waals surface area contributed by atoms with Gasteiger partial charge in [-0.1, -0.05) is 25.1 Å². The van der Waals surface area contributed by atoms with Crippen LogP contribution < -0.4 is 10.2 Å². The van der Waals surface area contributed by atoms with Crippen molar-refractivity contribution >= 4 is 39.1 Å². The molecule has 0 radical (unpaired) electrons. The fourth-order valence-electron chi connectivity index (χ4n) is 5.15. The number of nitrogens with zero attached hydrogens (tertiary/aromatic N) is 2. The number of aryl methyl sites for hydroxylation is 1. The van der Waals surface area contributed by atoms with Crippen molar-refractivity contribution < 1.29 is 9.59 Å². The molecule has 31 heavy (non-hydrogen) atoms. The number of para-hydroxylation sites is 1. The molecule has 0 spiro atoms. The summed E-state index contributed by atoms with van der Waals surface area (Å²) in [5.74, 6) is 0.544. The van der Waals surface area contributed by atoms with Gasteiger partial charge >= 0.3 is 0 Å². The summed E-state index contributed by atoms with van der Waals surface area (Å²) in [7, 11) is 0. The molecule has 3 aromatic rings. The van der Waals surface area contributed by atoms with Crippen molar-refractivity contribution in [3.05, 3.63) is 53.0 Å². The number of carbonyl (C=O) groups excluding carboxylic acids is 2. The smallest absolute Gasteiger partial charge is 0.275 e. The minimum atomic E-state index is -1.01. The molecule has 5 nitrogen and oxygen atoms in total. The van der Waals surface area contributed by atoms with E-state index in [-0.39, 0.29) is 17.9 Å². The number of rotatable bonds is 3. The number of fused-ring (bicyclic) bond motifs is 3. The Balaban J connectivity index is 1.58. The van der Waals surface area contributed by atoms with E-state index in [9.17, 15) is 9.59 Å². The number of aromatic nitrogens is 1. The fraction of sp³-hybridized carbons (Fsp3) is 0.440. The molecule has 2 aromatic heterocycles. The maximum atomic E-state index is 13.8. The van der Waals surface area contributed by atoms with E-state index < -0.39 is 5.54 Å². The summed E-state index contributed by atoms with van der Waals surface area (Å²) in [5, 5.41) is 5.35. The molecular weight excluding hydrogens is 406 g/mol. The predicted octanol–water partition coefficient (Wildman–Crippen LogP) is 5.13. The van der Waals surface area contributed by atoms with Gasteiger partial charge < -0.3 is 9.88 Å². The van der Waals surface area contributed by atoms with Crippen LogP contribution in [-0.4, -0.2) is 28.0 Å². The minimum Gasteiger partial charge on any atom is -0.351 e. The summed E-state index contributed by atoms with van der Waals surface area (Å²) in [6.07, 6.45) is 4.29. The van der Waals surface area contributed by atoms with E-state index >= 15 is 0 Å². The highest BCUT2D eigenvalue weighted by atomic mass is 32.1. The maximum absolute atomic E-state index is 13.8. The van der Waals surface area contributed by atoms with E-state index in [0.29, 0.717) is 12.2 Å². The molecule has 162 valence electrons. The molecule has 2 aliphatic rings. The molecule has 1 aromatic carbocycles. The molecule has 1 N–H and O–H groups in total. The number of benzene rings is 1. The van der Waals surface area contributed by atoms with Crippen LogP contribution in [0.5, 0.6) is 0 Å². The Morgan fingerprint density at radius 2 is 1.90 bits per heavy atom. The number of thiophene rings is 1. The Kier molecular flexibility index (Phi) is 4.93. The number of hydrogen-bond acceptors (Lipinski definition) is 3. The first-order valence-electron chi connectivity index (χ1n) is 11.2. The van der Waals surface area contributed by atoms with Crippen LogP contribution in [0.2, 0.25) is 0 Å². The van der Waals surface area contributed by atoms with Gasteiger partial charge in [0.2, 0.25) is 5.91 Å². The van der Waals surface area contributed by atoms with Gasteiger partial charge in [0.25, 0.3) is 5.91 Å². The second-order valence-electron chi connectivity index (χ2n) is 9.42. The highest BCUT2D eigenvalue weighted by molar-refractivity contribution is 7.17. The number of anilines is 1. The van der Waals surface area contributed by atoms with Crippen LogP contribution in [-0.2, 0) is 11.3 Å². The molecule has 0 saturated heterocycles. The summed E-state index contributed by atoms with van der Waals surface area (Å²) in [6.45, 7) is 6.63. The third-order valence-electron chi connectivity index (χ3n) is 7.10. The van der Waals surface area contributed by atoms with Gasteiger partial charge in [-0.3, -0.25) is 14.5 Å². The first kappa shape index (κ1) is 20.3. The van der Waals surface area contributed by atoms with Gasteiger partial charge in [0.05, 0.1) is 16.8 Å². The normalized spacial score (nSPS) is 26.2. The van der Waals surface area contributed by atoms with Gasteiger partial charge in [0, 0.05) is 11.7 Å². The molecule has 0 unspecified atom stereocenters. The van der Waals surface area contributed by atoms with Gasteiger partial charge in [0.1, 0.15) is 11.2 Å². The Morgan fingerprint density at radius 3 is 2.65 bits per heavy atom. The van der Waals surface area contributed by atoms with Crippen LogP contribution in [0.3, 0.4) is 0 Å². The first-order valence-corrected chi connectivity index (χ1v) is 12.0. The van der Waals surface area contributed by atoms with Crippen LogP contribution in [0.4, 0.5) is 5.69 Å². The number of carbonyl (C=O) groups is 2. The molecule has 1 aliphatic carbocycles. The van der Waals surface area contributed by atoms with Crippen LogP contribution in [0.15, 0.2) is 41.8 Å². The molecule has 2 amide bonds. The van der Waals surface area contributed by atoms with E-state index in [1.54, 1.807) is 16.2 Å². The zero-order chi connectivity index (χ0) is 21.8. The molecule has 6 heteroatoms. The van der Waals surface area contributed by atoms with Gasteiger partial charge in [-0.2, -0.15) is 0 Å². The molecule has 0 bridgehead atoms. The van der Waals surface area contributed by atoms with Crippen molar-refractivity contribution in [1.82, 2.24) is 9.88 Å². The lowest BCUT2D eigenvalue weighted by atomic mass is 9.86. The Bertz CT molecular complexity index is 1150. The largest absolute Gasteiger partial charge is 0.351 e. The monoisotopic (exact) mass is 435 g/mol. The molecular formula is C25H29N3O2S. The van der Waals surface area contributed by atoms with E-state index in [2.05, 4.69) is 12.2 Å². The van der Waals surface area contributed by atoms with Crippen LogP contribution in [0, 0.1) is 12.8 Å². The Labute approximate surface area is 187 Å². The van der Waals surface area contributed by atoms with Crippen LogP contribution >= 0.6 is 11.3 Å². The molecule has 3 heterocycles. The highest BCUT2D eigenvalue weighted by Crippen LogP contribution is 2.38. The van der Waals surface area contributed by atoms with Gasteiger partial charge in [0.15, 0.2) is 0 Å². The summed E-state index contributed by atoms with van der Waals surface area (Å²) >= 11 is 1.63. The number of hydrogen-bond donors (Lipinski definition) is 1. The predicted molar refractivity (Wildman–Crippen MR) is 126 cm³/mol. The quantitative estimate of drug-likeness (QED) is 0.620. The van der Waals surface area contributed by atoms with Gasteiger partial charge in [-0.25, -0.2) is 0 Å². The minimum absolute atomic E-state index is 0.0635. The third kappa shape index (κ3) is 3.28. The standard InChI is InChI=1S/C25H29N3O2S/c1-16-8-10-18(11-9-16)26-24(30)25(3)15-27-20-12-13-31-22(20)14-21(27)23(29)28(25)19-7-5-4-6-17(19)2/h4-7,12-14,16,18H,8-11,15H2,1-3H3,(H,26,30)/t16?,18?,25-/m0/s1. The van der Waals surface area contributed by atoms with Gasteiger partial charge in [-0.05, 0) is 74.6 Å². The second kappa shape index (κ2) is 7.52. The lowest BCUT2D eigenvalue weighted by Gasteiger charge is -2.45. The Hall–Kier alpha value is -2.60. The van der Waals surface area contributed by atoms with Crippen molar-refractivity contribution in [3.8, 4) is 0 Å². The molecule has 1 atom stereocenters. The molecule has 1 fully saturated rings. The zero-order valence-corrected chi connectivity index (χ0v) is 19.2. The molecule has 1 saturated carbocycles. The fourth-order valence-corrected chi connectivity index (χ4v) is 5.97. The van der Waals surface area contributed by atoms with Gasteiger partial charge in [-0.15, -0.1) is 11.3 Å². The lowest BCUT2D eigenvalue weighted by Crippen LogP contribution is -2.65. The highest BCUT2D eigenvalue weighted by Gasteiger charge is 2.49. The number of amides is 2. The van der Waals surface area contributed by atoms with Crippen molar-refractivity contribution in [2.75, 3.05) is 4.90 Å². The van der Waals surface area contributed by atoms with E-state index in [1.165, 1.54) is 0 Å². The average molecular weight is 436 g/mol. The van der Waals surface area contributed by atoms with Crippen LogP contribution in [0.25, 0.3) is 10.2 Å². The molecule has 1 aliphatic heterocycles. The SMILES string of the molecule is Cc1ccccc1N1C(=O)c2cc3sccc3n2C[C@@]1(C)C(=O)NC1CCC(C)CC1.